The van der Waals surface area contributed by atoms with Crippen LogP contribution in [0.3, 0.4) is 0 Å². The van der Waals surface area contributed by atoms with Gasteiger partial charge in [-0.05, 0) is 25.8 Å². The molecule has 0 unspecified atom stereocenters. The summed E-state index contributed by atoms with van der Waals surface area (Å²) in [5, 5.41) is 8.86. The zero-order chi connectivity index (χ0) is 16.6. The summed E-state index contributed by atoms with van der Waals surface area (Å²) in [4.78, 5) is 4.70. The molecule has 0 atom stereocenters. The number of fused-ring (bicyclic) bond motifs is 1. The van der Waals surface area contributed by atoms with Crippen LogP contribution in [0.15, 0.2) is 30.3 Å². The molecule has 0 aliphatic carbocycles. The number of hydrogen-bond acceptors (Lipinski definition) is 3. The number of anilines is 1. The van der Waals surface area contributed by atoms with E-state index in [9.17, 15) is 0 Å². The Balaban J connectivity index is 2.21. The molecule has 120 valence electrons. The first-order valence-electron chi connectivity index (χ1n) is 7.83. The molecule has 2 heterocycles. The molecular weight excluding hydrogens is 308 g/mol. The zero-order valence-corrected chi connectivity index (χ0v) is 14.6. The quantitative estimate of drug-likeness (QED) is 0.752. The Hall–Kier alpha value is -2.07. The van der Waals surface area contributed by atoms with Gasteiger partial charge in [-0.3, -0.25) is 0 Å². The Kier molecular flexibility index (Phi) is 4.26. The summed E-state index contributed by atoms with van der Waals surface area (Å²) in [6.07, 6.45) is 0. The predicted molar refractivity (Wildman–Crippen MR) is 96.2 cm³/mol. The fourth-order valence-electron chi connectivity index (χ4n) is 2.66. The molecule has 0 spiro atoms. The third-order valence-corrected chi connectivity index (χ3v) is 4.06. The van der Waals surface area contributed by atoms with Gasteiger partial charge in [0.15, 0.2) is 5.65 Å². The Morgan fingerprint density at radius 1 is 1.22 bits per heavy atom. The summed E-state index contributed by atoms with van der Waals surface area (Å²) >= 11 is 6.39. The van der Waals surface area contributed by atoms with Crippen LogP contribution in [-0.4, -0.2) is 21.1 Å². The molecule has 0 aliphatic rings. The van der Waals surface area contributed by atoms with Crippen molar-refractivity contribution in [3.63, 3.8) is 0 Å². The highest BCUT2D eigenvalue weighted by molar-refractivity contribution is 6.33. The van der Waals surface area contributed by atoms with Crippen molar-refractivity contribution in [2.24, 2.45) is 5.92 Å². The fraction of sp³-hybridized carbons (Fsp3) is 0.333. The van der Waals surface area contributed by atoms with Crippen LogP contribution < -0.4 is 5.32 Å². The number of aromatic nitrogens is 3. The molecule has 3 aromatic rings. The third-order valence-electron chi connectivity index (χ3n) is 3.73. The topological polar surface area (TPSA) is 42.2 Å². The second-order valence-corrected chi connectivity index (χ2v) is 6.64. The van der Waals surface area contributed by atoms with Gasteiger partial charge >= 0.3 is 0 Å². The largest absolute Gasteiger partial charge is 0.370 e. The summed E-state index contributed by atoms with van der Waals surface area (Å²) in [5.41, 5.74) is 4.67. The highest BCUT2D eigenvalue weighted by Crippen LogP contribution is 2.33. The van der Waals surface area contributed by atoms with Crippen LogP contribution in [0.2, 0.25) is 5.02 Å². The maximum Gasteiger partial charge on any atom is 0.165 e. The maximum absolute atomic E-state index is 6.39. The number of hydrogen-bond donors (Lipinski definition) is 1. The minimum absolute atomic E-state index is 0.554. The lowest BCUT2D eigenvalue weighted by molar-refractivity contribution is 0.683. The first-order valence-corrected chi connectivity index (χ1v) is 8.21. The Morgan fingerprint density at radius 3 is 2.65 bits per heavy atom. The maximum atomic E-state index is 6.39. The van der Waals surface area contributed by atoms with E-state index in [0.717, 1.165) is 40.5 Å². The van der Waals surface area contributed by atoms with E-state index in [-0.39, 0.29) is 0 Å². The SMILES string of the molecule is Cc1cc(NCC(C)C)n2nc(C)c(-c3ccccc3Cl)c2n1. The molecule has 3 rings (SSSR count). The molecule has 0 radical (unpaired) electrons. The number of aryl methyl sites for hydroxylation is 2. The average Bonchev–Trinajstić information content (AvgIpc) is 2.81. The minimum Gasteiger partial charge on any atom is -0.370 e. The molecule has 1 aromatic carbocycles. The summed E-state index contributed by atoms with van der Waals surface area (Å²) in [7, 11) is 0. The van der Waals surface area contributed by atoms with Crippen LogP contribution in [-0.2, 0) is 0 Å². The Bertz CT molecular complexity index is 852. The molecule has 0 aliphatic heterocycles. The van der Waals surface area contributed by atoms with Crippen molar-refractivity contribution in [3.8, 4) is 11.1 Å². The van der Waals surface area contributed by atoms with Crippen LogP contribution in [0.5, 0.6) is 0 Å². The van der Waals surface area contributed by atoms with Gasteiger partial charge in [0.25, 0.3) is 0 Å². The van der Waals surface area contributed by atoms with Gasteiger partial charge in [0.05, 0.1) is 11.3 Å². The molecule has 0 bridgehead atoms. The van der Waals surface area contributed by atoms with Crippen LogP contribution in [0.25, 0.3) is 16.8 Å². The van der Waals surface area contributed by atoms with Crippen molar-refractivity contribution in [2.75, 3.05) is 11.9 Å². The summed E-state index contributed by atoms with van der Waals surface area (Å²) in [5.74, 6) is 1.51. The molecule has 0 saturated heterocycles. The monoisotopic (exact) mass is 328 g/mol. The van der Waals surface area contributed by atoms with Crippen LogP contribution in [0, 0.1) is 19.8 Å². The minimum atomic E-state index is 0.554. The summed E-state index contributed by atoms with van der Waals surface area (Å²) in [6, 6.07) is 9.85. The average molecular weight is 329 g/mol. The lowest BCUT2D eigenvalue weighted by atomic mass is 10.1. The molecule has 0 saturated carbocycles. The zero-order valence-electron chi connectivity index (χ0n) is 13.9. The van der Waals surface area contributed by atoms with Crippen molar-refractivity contribution in [1.29, 1.82) is 0 Å². The van der Waals surface area contributed by atoms with Gasteiger partial charge in [-0.25, -0.2) is 4.98 Å². The lowest BCUT2D eigenvalue weighted by Crippen LogP contribution is -2.12. The van der Waals surface area contributed by atoms with Crippen molar-refractivity contribution < 1.29 is 0 Å². The van der Waals surface area contributed by atoms with Crippen LogP contribution in [0.4, 0.5) is 5.82 Å². The molecule has 23 heavy (non-hydrogen) atoms. The van der Waals surface area contributed by atoms with Crippen molar-refractivity contribution in [2.45, 2.75) is 27.7 Å². The Morgan fingerprint density at radius 2 is 1.96 bits per heavy atom. The van der Waals surface area contributed by atoms with Crippen molar-refractivity contribution in [3.05, 3.63) is 46.7 Å². The van der Waals surface area contributed by atoms with E-state index in [4.69, 9.17) is 16.6 Å². The van der Waals surface area contributed by atoms with Gasteiger partial charge < -0.3 is 5.32 Å². The van der Waals surface area contributed by atoms with Gasteiger partial charge in [0.2, 0.25) is 0 Å². The number of nitrogens with one attached hydrogen (secondary N) is 1. The van der Waals surface area contributed by atoms with Gasteiger partial charge in [-0.2, -0.15) is 9.61 Å². The molecule has 5 heteroatoms. The van der Waals surface area contributed by atoms with E-state index in [1.54, 1.807) is 0 Å². The van der Waals surface area contributed by atoms with Crippen molar-refractivity contribution >= 4 is 23.1 Å². The number of halogens is 1. The highest BCUT2D eigenvalue weighted by atomic mass is 35.5. The molecular formula is C18H21ClN4. The van der Waals surface area contributed by atoms with Gasteiger partial charge in [-0.15, -0.1) is 0 Å². The number of nitrogens with zero attached hydrogens (tertiary/aromatic N) is 3. The van der Waals surface area contributed by atoms with Gasteiger partial charge in [-0.1, -0.05) is 43.6 Å². The van der Waals surface area contributed by atoms with Crippen molar-refractivity contribution in [1.82, 2.24) is 14.6 Å². The summed E-state index contributed by atoms with van der Waals surface area (Å²) < 4.78 is 1.88. The third kappa shape index (κ3) is 3.04. The van der Waals surface area contributed by atoms with Crippen LogP contribution in [0.1, 0.15) is 25.2 Å². The molecule has 2 aromatic heterocycles. The highest BCUT2D eigenvalue weighted by Gasteiger charge is 2.17. The lowest BCUT2D eigenvalue weighted by Gasteiger charge is -2.11. The Labute approximate surface area is 141 Å². The molecule has 0 fully saturated rings. The predicted octanol–water partition coefficient (Wildman–Crippen LogP) is 4.73. The summed E-state index contributed by atoms with van der Waals surface area (Å²) in [6.45, 7) is 9.25. The number of rotatable bonds is 4. The second kappa shape index (κ2) is 6.20. The molecule has 1 N–H and O–H groups in total. The smallest absolute Gasteiger partial charge is 0.165 e. The van der Waals surface area contributed by atoms with Gasteiger partial charge in [0.1, 0.15) is 5.82 Å². The second-order valence-electron chi connectivity index (χ2n) is 6.23. The van der Waals surface area contributed by atoms with E-state index < -0.39 is 0 Å². The van der Waals surface area contributed by atoms with E-state index in [1.165, 1.54) is 0 Å². The normalized spacial score (nSPS) is 11.4. The standard InChI is InChI=1S/C18H21ClN4/c1-11(2)10-20-16-9-12(3)21-18-17(13(4)22-23(16)18)14-7-5-6-8-15(14)19/h5-9,11,20H,10H2,1-4H3. The molecule has 0 amide bonds. The van der Waals surface area contributed by atoms with Gasteiger partial charge in [0, 0.05) is 28.9 Å². The number of benzene rings is 1. The fourth-order valence-corrected chi connectivity index (χ4v) is 2.89. The molecule has 4 nitrogen and oxygen atoms in total. The first kappa shape index (κ1) is 15.8. The van der Waals surface area contributed by atoms with E-state index in [0.29, 0.717) is 10.9 Å². The van der Waals surface area contributed by atoms with Crippen LogP contribution >= 0.6 is 11.6 Å². The van der Waals surface area contributed by atoms with E-state index in [1.807, 2.05) is 48.7 Å². The first-order chi connectivity index (χ1) is 11.0. The van der Waals surface area contributed by atoms with E-state index in [2.05, 4.69) is 24.3 Å². The van der Waals surface area contributed by atoms with E-state index >= 15 is 0 Å².